The minimum atomic E-state index is -3.57. The van der Waals surface area contributed by atoms with Crippen LogP contribution in [0.25, 0.3) is 0 Å². The highest BCUT2D eigenvalue weighted by molar-refractivity contribution is 7.89. The molecule has 162 valence electrons. The fourth-order valence-electron chi connectivity index (χ4n) is 3.66. The number of benzene rings is 1. The number of carbonyl (C=O) groups excluding carboxylic acids is 2. The Kier molecular flexibility index (Phi) is 7.10. The molecule has 8 heteroatoms. The minimum Gasteiger partial charge on any atom is -0.341 e. The topological polar surface area (TPSA) is 74.8 Å². The standard InChI is InChI=1S/C22H28N2O4S2/c1-16-5-7-19(8-6-16)30(27,28)24-12-4-11-23(13-14-24)22(26)10-9-21(25)20-15-17(2)29-18(20)3/h5-8,15H,4,9-14H2,1-3H3. The van der Waals surface area contributed by atoms with Gasteiger partial charge in [0.25, 0.3) is 0 Å². The maximum atomic E-state index is 12.9. The number of amides is 1. The molecule has 1 aromatic carbocycles. The van der Waals surface area contributed by atoms with Crippen LogP contribution in [0.15, 0.2) is 35.2 Å². The van der Waals surface area contributed by atoms with Crippen LogP contribution in [0.3, 0.4) is 0 Å². The first-order valence-corrected chi connectivity index (χ1v) is 12.4. The van der Waals surface area contributed by atoms with E-state index in [2.05, 4.69) is 0 Å². The van der Waals surface area contributed by atoms with E-state index in [9.17, 15) is 18.0 Å². The second-order valence-electron chi connectivity index (χ2n) is 7.70. The van der Waals surface area contributed by atoms with Gasteiger partial charge in [0.1, 0.15) is 0 Å². The van der Waals surface area contributed by atoms with Gasteiger partial charge in [-0.3, -0.25) is 9.59 Å². The SMILES string of the molecule is Cc1ccc(S(=O)(=O)N2CCCN(C(=O)CCC(=O)c3cc(C)sc3C)CC2)cc1. The molecule has 2 aromatic rings. The van der Waals surface area contributed by atoms with E-state index < -0.39 is 10.0 Å². The van der Waals surface area contributed by atoms with Gasteiger partial charge in [0.05, 0.1) is 4.90 Å². The number of nitrogens with zero attached hydrogens (tertiary/aromatic N) is 2. The van der Waals surface area contributed by atoms with Gasteiger partial charge in [-0.15, -0.1) is 11.3 Å². The van der Waals surface area contributed by atoms with Gasteiger partial charge in [0, 0.05) is 54.3 Å². The molecule has 0 aliphatic carbocycles. The molecule has 1 aromatic heterocycles. The Labute approximate surface area is 182 Å². The fraction of sp³-hybridized carbons (Fsp3) is 0.455. The molecule has 0 saturated carbocycles. The zero-order valence-electron chi connectivity index (χ0n) is 17.7. The third-order valence-corrected chi connectivity index (χ3v) is 8.25. The molecule has 1 amide bonds. The zero-order valence-corrected chi connectivity index (χ0v) is 19.3. The Bertz CT molecular complexity index is 1030. The number of Topliss-reactive ketones (excluding diaryl/α,β-unsaturated/α-hetero) is 1. The number of rotatable bonds is 6. The van der Waals surface area contributed by atoms with Crippen molar-refractivity contribution in [1.82, 2.24) is 9.21 Å². The van der Waals surface area contributed by atoms with Crippen molar-refractivity contribution in [2.75, 3.05) is 26.2 Å². The number of hydrogen-bond acceptors (Lipinski definition) is 5. The van der Waals surface area contributed by atoms with Gasteiger partial charge in [-0.1, -0.05) is 17.7 Å². The molecule has 3 rings (SSSR count). The Morgan fingerprint density at radius 1 is 0.967 bits per heavy atom. The van der Waals surface area contributed by atoms with E-state index >= 15 is 0 Å². The van der Waals surface area contributed by atoms with E-state index in [1.807, 2.05) is 26.8 Å². The number of aryl methyl sites for hydroxylation is 3. The van der Waals surface area contributed by atoms with E-state index in [1.54, 1.807) is 40.5 Å². The van der Waals surface area contributed by atoms with Crippen molar-refractivity contribution >= 4 is 33.1 Å². The van der Waals surface area contributed by atoms with E-state index in [0.717, 1.165) is 15.3 Å². The first-order valence-electron chi connectivity index (χ1n) is 10.1. The molecule has 0 radical (unpaired) electrons. The monoisotopic (exact) mass is 448 g/mol. The minimum absolute atomic E-state index is 0.0106. The summed E-state index contributed by atoms with van der Waals surface area (Å²) in [4.78, 5) is 29.1. The molecule has 1 aliphatic rings. The van der Waals surface area contributed by atoms with Crippen molar-refractivity contribution in [3.8, 4) is 0 Å². The lowest BCUT2D eigenvalue weighted by Crippen LogP contribution is -2.37. The lowest BCUT2D eigenvalue weighted by Gasteiger charge is -2.22. The third kappa shape index (κ3) is 5.17. The highest BCUT2D eigenvalue weighted by Crippen LogP contribution is 2.23. The summed E-state index contributed by atoms with van der Waals surface area (Å²) in [6.45, 7) is 7.29. The molecule has 1 fully saturated rings. The van der Waals surface area contributed by atoms with Gasteiger partial charge < -0.3 is 4.90 Å². The quantitative estimate of drug-likeness (QED) is 0.634. The average Bonchev–Trinajstić information content (AvgIpc) is 2.90. The Balaban J connectivity index is 1.58. The van der Waals surface area contributed by atoms with Crippen molar-refractivity contribution in [1.29, 1.82) is 0 Å². The van der Waals surface area contributed by atoms with Crippen molar-refractivity contribution in [2.24, 2.45) is 0 Å². The van der Waals surface area contributed by atoms with Crippen LogP contribution < -0.4 is 0 Å². The Morgan fingerprint density at radius 2 is 1.67 bits per heavy atom. The Hall–Kier alpha value is -2.03. The van der Waals surface area contributed by atoms with E-state index in [1.165, 1.54) is 4.31 Å². The van der Waals surface area contributed by atoms with Crippen LogP contribution in [-0.4, -0.2) is 55.5 Å². The number of carbonyl (C=O) groups is 2. The van der Waals surface area contributed by atoms with E-state index in [4.69, 9.17) is 0 Å². The van der Waals surface area contributed by atoms with Gasteiger partial charge in [0.15, 0.2) is 5.78 Å². The van der Waals surface area contributed by atoms with Crippen molar-refractivity contribution in [3.63, 3.8) is 0 Å². The normalized spacial score (nSPS) is 15.8. The predicted octanol–water partition coefficient (Wildman–Crippen LogP) is 3.56. The van der Waals surface area contributed by atoms with Gasteiger partial charge >= 0.3 is 0 Å². The highest BCUT2D eigenvalue weighted by atomic mass is 32.2. The van der Waals surface area contributed by atoms with E-state index in [0.29, 0.717) is 31.6 Å². The largest absolute Gasteiger partial charge is 0.341 e. The van der Waals surface area contributed by atoms with Crippen LogP contribution in [0.5, 0.6) is 0 Å². The van der Waals surface area contributed by atoms with E-state index in [-0.39, 0.29) is 36.0 Å². The second-order valence-corrected chi connectivity index (χ2v) is 11.1. The summed E-state index contributed by atoms with van der Waals surface area (Å²) in [5, 5.41) is 0. The first kappa shape index (κ1) is 22.7. The molecular formula is C22H28N2O4S2. The molecule has 0 unspecified atom stereocenters. The Morgan fingerprint density at radius 3 is 2.30 bits per heavy atom. The number of hydrogen-bond donors (Lipinski definition) is 0. The molecule has 0 atom stereocenters. The lowest BCUT2D eigenvalue weighted by molar-refractivity contribution is -0.131. The third-order valence-electron chi connectivity index (χ3n) is 5.37. The molecule has 2 heterocycles. The number of sulfonamides is 1. The first-order chi connectivity index (χ1) is 14.2. The molecule has 0 N–H and O–H groups in total. The molecular weight excluding hydrogens is 420 g/mol. The zero-order chi connectivity index (χ0) is 21.9. The van der Waals surface area contributed by atoms with Crippen LogP contribution in [0.1, 0.15) is 44.9 Å². The lowest BCUT2D eigenvalue weighted by atomic mass is 10.1. The van der Waals surface area contributed by atoms with Gasteiger partial charge in [-0.05, 0) is 45.4 Å². The summed E-state index contributed by atoms with van der Waals surface area (Å²) in [5.41, 5.74) is 1.71. The van der Waals surface area contributed by atoms with Crippen molar-refractivity contribution < 1.29 is 18.0 Å². The second kappa shape index (κ2) is 9.41. The van der Waals surface area contributed by atoms with Crippen molar-refractivity contribution in [3.05, 3.63) is 51.2 Å². The molecule has 1 saturated heterocycles. The fourth-order valence-corrected chi connectivity index (χ4v) is 6.08. The predicted molar refractivity (Wildman–Crippen MR) is 118 cm³/mol. The highest BCUT2D eigenvalue weighted by Gasteiger charge is 2.28. The molecule has 1 aliphatic heterocycles. The summed E-state index contributed by atoms with van der Waals surface area (Å²) in [5.74, 6) is -0.105. The van der Waals surface area contributed by atoms with Crippen LogP contribution in [0, 0.1) is 20.8 Å². The summed E-state index contributed by atoms with van der Waals surface area (Å²) >= 11 is 1.59. The van der Waals surface area contributed by atoms with Crippen LogP contribution in [-0.2, 0) is 14.8 Å². The van der Waals surface area contributed by atoms with Gasteiger partial charge in [-0.2, -0.15) is 4.31 Å². The summed E-state index contributed by atoms with van der Waals surface area (Å²) < 4.78 is 27.3. The molecule has 0 bridgehead atoms. The molecule has 0 spiro atoms. The smallest absolute Gasteiger partial charge is 0.243 e. The number of thiophene rings is 1. The van der Waals surface area contributed by atoms with Crippen LogP contribution >= 0.6 is 11.3 Å². The van der Waals surface area contributed by atoms with Gasteiger partial charge in [0.2, 0.25) is 15.9 Å². The molecule has 6 nitrogen and oxygen atoms in total. The van der Waals surface area contributed by atoms with Crippen molar-refractivity contribution in [2.45, 2.75) is 44.9 Å². The summed E-state index contributed by atoms with van der Waals surface area (Å²) in [6, 6.07) is 8.70. The van der Waals surface area contributed by atoms with Crippen LogP contribution in [0.2, 0.25) is 0 Å². The van der Waals surface area contributed by atoms with Crippen LogP contribution in [0.4, 0.5) is 0 Å². The summed E-state index contributed by atoms with van der Waals surface area (Å²) in [6.07, 6.45) is 0.906. The maximum Gasteiger partial charge on any atom is 0.243 e. The maximum absolute atomic E-state index is 12.9. The molecule has 30 heavy (non-hydrogen) atoms. The average molecular weight is 449 g/mol. The van der Waals surface area contributed by atoms with Gasteiger partial charge in [-0.25, -0.2) is 8.42 Å². The summed E-state index contributed by atoms with van der Waals surface area (Å²) in [7, 11) is -3.57. The number of ketones is 1.